The number of hydrogen-bond acceptors (Lipinski definition) is 6. The molecule has 3 rings (SSSR count). The molecule has 0 saturated heterocycles. The first-order valence-corrected chi connectivity index (χ1v) is 8.09. The number of ketones is 1. The van der Waals surface area contributed by atoms with Crippen molar-refractivity contribution in [2.75, 3.05) is 13.6 Å². The van der Waals surface area contributed by atoms with Crippen LogP contribution in [0, 0.1) is 0 Å². The van der Waals surface area contributed by atoms with Crippen molar-refractivity contribution >= 4 is 17.1 Å². The summed E-state index contributed by atoms with van der Waals surface area (Å²) < 4.78 is 0. The molecule has 6 heteroatoms. The molecule has 1 aliphatic heterocycles. The molecular weight excluding hydrogens is 272 g/mol. The molecule has 20 heavy (non-hydrogen) atoms. The molecule has 1 fully saturated rings. The zero-order valence-electron chi connectivity index (χ0n) is 11.9. The third kappa shape index (κ3) is 2.30. The maximum Gasteiger partial charge on any atom is 0.212 e. The van der Waals surface area contributed by atoms with Gasteiger partial charge in [-0.25, -0.2) is 4.98 Å². The first-order chi connectivity index (χ1) is 9.50. The Bertz CT molecular complexity index is 529. The van der Waals surface area contributed by atoms with Crippen molar-refractivity contribution in [3.63, 3.8) is 0 Å². The van der Waals surface area contributed by atoms with E-state index in [0.717, 1.165) is 44.5 Å². The van der Waals surface area contributed by atoms with Crippen molar-refractivity contribution in [1.29, 1.82) is 0 Å². The lowest BCUT2D eigenvalue weighted by atomic mass is 9.76. The van der Waals surface area contributed by atoms with E-state index in [2.05, 4.69) is 16.9 Å². The largest absolute Gasteiger partial charge is 0.326 e. The van der Waals surface area contributed by atoms with Crippen LogP contribution in [0.4, 0.5) is 0 Å². The van der Waals surface area contributed by atoms with Crippen LogP contribution in [-0.2, 0) is 13.0 Å². The number of thiazole rings is 1. The highest BCUT2D eigenvalue weighted by Crippen LogP contribution is 2.32. The summed E-state index contributed by atoms with van der Waals surface area (Å²) >= 11 is 1.50. The Morgan fingerprint density at radius 3 is 3.05 bits per heavy atom. The lowest BCUT2D eigenvalue weighted by Crippen LogP contribution is -2.62. The Kier molecular flexibility index (Phi) is 3.66. The SMILES string of the molecule is CN1CCc2nc(C(=O)C3(N)CCCCC3N)sc2C1. The molecule has 1 saturated carbocycles. The minimum atomic E-state index is -0.912. The Labute approximate surface area is 123 Å². The van der Waals surface area contributed by atoms with Gasteiger partial charge in [-0.05, 0) is 19.9 Å². The van der Waals surface area contributed by atoms with Crippen LogP contribution in [0.1, 0.15) is 46.1 Å². The molecule has 2 unspecified atom stereocenters. The first kappa shape index (κ1) is 14.1. The molecule has 0 amide bonds. The van der Waals surface area contributed by atoms with Crippen LogP contribution in [0.2, 0.25) is 0 Å². The summed E-state index contributed by atoms with van der Waals surface area (Å²) in [5.74, 6) is -0.0493. The summed E-state index contributed by atoms with van der Waals surface area (Å²) in [7, 11) is 2.09. The highest BCUT2D eigenvalue weighted by atomic mass is 32.1. The molecule has 1 aromatic rings. The molecule has 110 valence electrons. The van der Waals surface area contributed by atoms with Gasteiger partial charge in [0.25, 0.3) is 0 Å². The van der Waals surface area contributed by atoms with E-state index in [1.165, 1.54) is 16.2 Å². The number of aromatic nitrogens is 1. The average Bonchev–Trinajstić information content (AvgIpc) is 2.84. The van der Waals surface area contributed by atoms with E-state index >= 15 is 0 Å². The summed E-state index contributed by atoms with van der Waals surface area (Å²) in [5.41, 5.74) is 12.6. The topological polar surface area (TPSA) is 85.2 Å². The number of nitrogens with two attached hydrogens (primary N) is 2. The normalized spacial score (nSPS) is 31.1. The predicted octanol–water partition coefficient (Wildman–Crippen LogP) is 0.912. The van der Waals surface area contributed by atoms with E-state index in [9.17, 15) is 4.79 Å². The van der Waals surface area contributed by atoms with Gasteiger partial charge in [-0.3, -0.25) is 4.79 Å². The highest BCUT2D eigenvalue weighted by Gasteiger charge is 2.43. The number of nitrogens with zero attached hydrogens (tertiary/aromatic N) is 2. The minimum absolute atomic E-state index is 0.0493. The third-order valence-corrected chi connectivity index (χ3v) is 5.64. The number of carbonyl (C=O) groups excluding carboxylic acids is 1. The van der Waals surface area contributed by atoms with Gasteiger partial charge in [0.2, 0.25) is 5.78 Å². The smallest absolute Gasteiger partial charge is 0.212 e. The van der Waals surface area contributed by atoms with Crippen molar-refractivity contribution in [2.45, 2.75) is 50.2 Å². The lowest BCUT2D eigenvalue weighted by molar-refractivity contribution is 0.0822. The summed E-state index contributed by atoms with van der Waals surface area (Å²) in [6, 6.07) is -0.243. The summed E-state index contributed by atoms with van der Waals surface area (Å²) in [6.07, 6.45) is 4.46. The third-order valence-electron chi connectivity index (χ3n) is 4.56. The van der Waals surface area contributed by atoms with Crippen LogP contribution in [0.5, 0.6) is 0 Å². The van der Waals surface area contributed by atoms with Gasteiger partial charge in [0.15, 0.2) is 5.01 Å². The Morgan fingerprint density at radius 1 is 1.50 bits per heavy atom. The molecule has 2 atom stereocenters. The van der Waals surface area contributed by atoms with Crippen LogP contribution < -0.4 is 11.5 Å². The summed E-state index contributed by atoms with van der Waals surface area (Å²) in [5, 5.41) is 0.560. The number of carbonyl (C=O) groups is 1. The van der Waals surface area contributed by atoms with Crippen LogP contribution in [-0.4, -0.2) is 40.8 Å². The van der Waals surface area contributed by atoms with Crippen LogP contribution in [0.15, 0.2) is 0 Å². The predicted molar refractivity (Wildman–Crippen MR) is 79.8 cm³/mol. The highest BCUT2D eigenvalue weighted by molar-refractivity contribution is 7.13. The molecule has 0 bridgehead atoms. The zero-order chi connectivity index (χ0) is 14.3. The van der Waals surface area contributed by atoms with E-state index in [1.807, 2.05) is 0 Å². The Hall–Kier alpha value is -0.820. The van der Waals surface area contributed by atoms with Gasteiger partial charge in [-0.1, -0.05) is 12.8 Å². The monoisotopic (exact) mass is 294 g/mol. The fraction of sp³-hybridized carbons (Fsp3) is 0.714. The molecule has 0 radical (unpaired) electrons. The molecular formula is C14H22N4OS. The average molecular weight is 294 g/mol. The number of likely N-dealkylation sites (N-methyl/N-ethyl adjacent to an activating group) is 1. The fourth-order valence-electron chi connectivity index (χ4n) is 3.13. The van der Waals surface area contributed by atoms with Gasteiger partial charge < -0.3 is 16.4 Å². The molecule has 2 aliphatic rings. The van der Waals surface area contributed by atoms with Gasteiger partial charge in [-0.15, -0.1) is 11.3 Å². The van der Waals surface area contributed by atoms with E-state index in [0.29, 0.717) is 11.4 Å². The molecule has 1 aromatic heterocycles. The van der Waals surface area contributed by atoms with Crippen molar-refractivity contribution in [1.82, 2.24) is 9.88 Å². The summed E-state index contributed by atoms with van der Waals surface area (Å²) in [4.78, 5) is 20.8. The fourth-order valence-corrected chi connectivity index (χ4v) is 4.35. The van der Waals surface area contributed by atoms with Gasteiger partial charge in [0.05, 0.1) is 11.2 Å². The van der Waals surface area contributed by atoms with E-state index < -0.39 is 5.54 Å². The molecule has 2 heterocycles. The standard InChI is InChI=1S/C14H22N4OS/c1-18-7-5-9-10(8-18)20-13(17-9)12(19)14(16)6-3-2-4-11(14)15/h11H,2-8,15-16H2,1H3. The second-order valence-electron chi connectivity index (χ2n) is 6.10. The maximum absolute atomic E-state index is 12.8. The van der Waals surface area contributed by atoms with Gasteiger partial charge >= 0.3 is 0 Å². The second kappa shape index (κ2) is 5.18. The van der Waals surface area contributed by atoms with E-state index in [4.69, 9.17) is 11.5 Å². The van der Waals surface area contributed by atoms with Gasteiger partial charge in [0.1, 0.15) is 0 Å². The van der Waals surface area contributed by atoms with Gasteiger partial charge in [0, 0.05) is 30.4 Å². The zero-order valence-corrected chi connectivity index (χ0v) is 12.7. The second-order valence-corrected chi connectivity index (χ2v) is 7.18. The number of rotatable bonds is 2. The maximum atomic E-state index is 12.8. The van der Waals surface area contributed by atoms with E-state index in [1.54, 1.807) is 0 Å². The summed E-state index contributed by atoms with van der Waals surface area (Å²) in [6.45, 7) is 1.88. The van der Waals surface area contributed by atoms with E-state index in [-0.39, 0.29) is 11.8 Å². The van der Waals surface area contributed by atoms with Crippen molar-refractivity contribution in [3.8, 4) is 0 Å². The number of fused-ring (bicyclic) bond motifs is 1. The number of Topliss-reactive ketones (excluding diaryl/α,β-unsaturated/α-hetero) is 1. The quantitative estimate of drug-likeness (QED) is 0.792. The van der Waals surface area contributed by atoms with Crippen LogP contribution in [0.3, 0.4) is 0 Å². The Morgan fingerprint density at radius 2 is 2.30 bits per heavy atom. The van der Waals surface area contributed by atoms with Crippen LogP contribution in [0.25, 0.3) is 0 Å². The van der Waals surface area contributed by atoms with Crippen molar-refractivity contribution in [2.24, 2.45) is 11.5 Å². The number of hydrogen-bond donors (Lipinski definition) is 2. The van der Waals surface area contributed by atoms with Crippen molar-refractivity contribution in [3.05, 3.63) is 15.6 Å². The van der Waals surface area contributed by atoms with Gasteiger partial charge in [-0.2, -0.15) is 0 Å². The Balaban J connectivity index is 1.87. The first-order valence-electron chi connectivity index (χ1n) is 7.27. The minimum Gasteiger partial charge on any atom is -0.326 e. The van der Waals surface area contributed by atoms with Crippen molar-refractivity contribution < 1.29 is 4.79 Å². The molecule has 1 aliphatic carbocycles. The molecule has 0 aromatic carbocycles. The van der Waals surface area contributed by atoms with Crippen LogP contribution >= 0.6 is 11.3 Å². The molecule has 0 spiro atoms. The lowest BCUT2D eigenvalue weighted by Gasteiger charge is -2.36. The molecule has 4 N–H and O–H groups in total. The molecule has 5 nitrogen and oxygen atoms in total.